The summed E-state index contributed by atoms with van der Waals surface area (Å²) < 4.78 is 5.28. The Hall–Kier alpha value is -0.120. The third-order valence-electron chi connectivity index (χ3n) is 5.73. The van der Waals surface area contributed by atoms with Crippen molar-refractivity contribution >= 4 is 0 Å². The fourth-order valence-electron chi connectivity index (χ4n) is 3.70. The smallest absolute Gasteiger partial charge is 0.0589 e. The van der Waals surface area contributed by atoms with Gasteiger partial charge in [0.1, 0.15) is 0 Å². The molecule has 0 saturated heterocycles. The first-order valence-electron chi connectivity index (χ1n) is 8.43. The van der Waals surface area contributed by atoms with Crippen molar-refractivity contribution in [1.29, 1.82) is 0 Å². The van der Waals surface area contributed by atoms with Crippen LogP contribution in [0.3, 0.4) is 0 Å². The summed E-state index contributed by atoms with van der Waals surface area (Å²) in [7, 11) is 1.79. The second-order valence-electron chi connectivity index (χ2n) is 7.04. The number of methoxy groups -OCH3 is 1. The molecule has 1 saturated carbocycles. The zero-order valence-electron chi connectivity index (χ0n) is 14.3. The van der Waals surface area contributed by atoms with Gasteiger partial charge < -0.3 is 10.5 Å². The molecule has 0 aromatic rings. The SMILES string of the molecule is CCN(CCOC)C1CC(C(C)(C)CC)CCC1CN. The second kappa shape index (κ2) is 8.35. The van der Waals surface area contributed by atoms with E-state index in [0.717, 1.165) is 32.2 Å². The zero-order chi connectivity index (χ0) is 15.2. The monoisotopic (exact) mass is 284 g/mol. The van der Waals surface area contributed by atoms with Gasteiger partial charge >= 0.3 is 0 Å². The van der Waals surface area contributed by atoms with E-state index in [9.17, 15) is 0 Å². The van der Waals surface area contributed by atoms with Gasteiger partial charge in [0.25, 0.3) is 0 Å². The number of nitrogens with two attached hydrogens (primary N) is 1. The van der Waals surface area contributed by atoms with Gasteiger partial charge in [-0.25, -0.2) is 0 Å². The van der Waals surface area contributed by atoms with Crippen LogP contribution < -0.4 is 5.73 Å². The minimum absolute atomic E-state index is 0.457. The maximum absolute atomic E-state index is 6.04. The van der Waals surface area contributed by atoms with E-state index >= 15 is 0 Å². The average molecular weight is 284 g/mol. The Labute approximate surface area is 126 Å². The Bertz CT molecular complexity index is 268. The first kappa shape index (κ1) is 17.9. The maximum Gasteiger partial charge on any atom is 0.0589 e. The van der Waals surface area contributed by atoms with Crippen LogP contribution in [0.2, 0.25) is 0 Å². The van der Waals surface area contributed by atoms with E-state index in [1.54, 1.807) is 7.11 Å². The van der Waals surface area contributed by atoms with Crippen LogP contribution in [-0.2, 0) is 4.74 Å². The van der Waals surface area contributed by atoms with Crippen molar-refractivity contribution in [1.82, 2.24) is 4.90 Å². The van der Waals surface area contributed by atoms with Crippen LogP contribution in [0.15, 0.2) is 0 Å². The molecule has 2 N–H and O–H groups in total. The summed E-state index contributed by atoms with van der Waals surface area (Å²) in [5.74, 6) is 1.49. The van der Waals surface area contributed by atoms with E-state index in [4.69, 9.17) is 10.5 Å². The Morgan fingerprint density at radius 1 is 1.25 bits per heavy atom. The molecule has 1 aliphatic carbocycles. The first-order chi connectivity index (χ1) is 9.50. The van der Waals surface area contributed by atoms with Crippen LogP contribution in [0.1, 0.15) is 53.4 Å². The molecule has 3 nitrogen and oxygen atoms in total. The molecule has 1 fully saturated rings. The third-order valence-corrected chi connectivity index (χ3v) is 5.73. The summed E-state index contributed by atoms with van der Waals surface area (Å²) in [5, 5.41) is 0. The highest BCUT2D eigenvalue weighted by molar-refractivity contribution is 4.91. The van der Waals surface area contributed by atoms with E-state index in [-0.39, 0.29) is 0 Å². The highest BCUT2D eigenvalue weighted by atomic mass is 16.5. The molecule has 20 heavy (non-hydrogen) atoms. The van der Waals surface area contributed by atoms with E-state index in [2.05, 4.69) is 32.6 Å². The van der Waals surface area contributed by atoms with E-state index in [1.165, 1.54) is 25.7 Å². The summed E-state index contributed by atoms with van der Waals surface area (Å²) in [6.07, 6.45) is 5.21. The Morgan fingerprint density at radius 3 is 2.45 bits per heavy atom. The summed E-state index contributed by atoms with van der Waals surface area (Å²) >= 11 is 0. The number of nitrogens with zero attached hydrogens (tertiary/aromatic N) is 1. The molecule has 0 aromatic carbocycles. The molecule has 0 bridgehead atoms. The lowest BCUT2D eigenvalue weighted by atomic mass is 9.65. The Kier molecular flexibility index (Phi) is 7.49. The topological polar surface area (TPSA) is 38.5 Å². The quantitative estimate of drug-likeness (QED) is 0.744. The minimum atomic E-state index is 0.457. The molecule has 0 spiro atoms. The average Bonchev–Trinajstić information content (AvgIpc) is 2.47. The van der Waals surface area contributed by atoms with Gasteiger partial charge in [0.2, 0.25) is 0 Å². The van der Waals surface area contributed by atoms with Crippen LogP contribution in [-0.4, -0.2) is 44.3 Å². The van der Waals surface area contributed by atoms with Crippen molar-refractivity contribution in [2.75, 3.05) is 33.4 Å². The Morgan fingerprint density at radius 2 is 1.95 bits per heavy atom. The highest BCUT2D eigenvalue weighted by Gasteiger charge is 2.38. The van der Waals surface area contributed by atoms with Crippen LogP contribution in [0.4, 0.5) is 0 Å². The molecule has 1 rings (SSSR count). The molecule has 0 radical (unpaired) electrons. The molecule has 1 aliphatic rings. The van der Waals surface area contributed by atoms with Crippen LogP contribution >= 0.6 is 0 Å². The van der Waals surface area contributed by atoms with E-state index < -0.39 is 0 Å². The molecule has 3 atom stereocenters. The molecule has 0 aromatic heterocycles. The summed E-state index contributed by atoms with van der Waals surface area (Å²) in [4.78, 5) is 2.60. The molecular weight excluding hydrogens is 248 g/mol. The van der Waals surface area contributed by atoms with Crippen molar-refractivity contribution in [3.8, 4) is 0 Å². The normalized spacial score (nSPS) is 28.1. The van der Waals surface area contributed by atoms with Gasteiger partial charge in [-0.2, -0.15) is 0 Å². The van der Waals surface area contributed by atoms with Crippen molar-refractivity contribution in [3.05, 3.63) is 0 Å². The molecule has 3 heteroatoms. The molecule has 0 heterocycles. The summed E-state index contributed by atoms with van der Waals surface area (Å²) in [5.41, 5.74) is 6.50. The van der Waals surface area contributed by atoms with Crippen LogP contribution in [0.5, 0.6) is 0 Å². The zero-order valence-corrected chi connectivity index (χ0v) is 14.3. The summed E-state index contributed by atoms with van der Waals surface area (Å²) in [6, 6.07) is 0.643. The number of ether oxygens (including phenoxy) is 1. The first-order valence-corrected chi connectivity index (χ1v) is 8.43. The number of hydrogen-bond acceptors (Lipinski definition) is 3. The third kappa shape index (κ3) is 4.44. The van der Waals surface area contributed by atoms with E-state index in [1.807, 2.05) is 0 Å². The lowest BCUT2D eigenvalue weighted by Gasteiger charge is -2.46. The van der Waals surface area contributed by atoms with Gasteiger partial charge in [-0.05, 0) is 49.6 Å². The van der Waals surface area contributed by atoms with Crippen LogP contribution in [0, 0.1) is 17.3 Å². The second-order valence-corrected chi connectivity index (χ2v) is 7.04. The standard InChI is InChI=1S/C17H36N2O/c1-6-17(3,4)15-9-8-14(13-18)16(12-15)19(7-2)10-11-20-5/h14-16H,6-13,18H2,1-5H3. The maximum atomic E-state index is 6.04. The molecule has 0 aliphatic heterocycles. The summed E-state index contributed by atoms with van der Waals surface area (Å²) in [6.45, 7) is 13.2. The van der Waals surface area contributed by atoms with Gasteiger partial charge in [-0.1, -0.05) is 34.1 Å². The molecular formula is C17H36N2O. The van der Waals surface area contributed by atoms with Crippen molar-refractivity contribution in [2.45, 2.75) is 59.4 Å². The lowest BCUT2D eigenvalue weighted by Crippen LogP contribution is -2.49. The highest BCUT2D eigenvalue weighted by Crippen LogP contribution is 2.43. The minimum Gasteiger partial charge on any atom is -0.383 e. The van der Waals surface area contributed by atoms with Crippen LogP contribution in [0.25, 0.3) is 0 Å². The van der Waals surface area contributed by atoms with Crippen molar-refractivity contribution < 1.29 is 4.74 Å². The fourth-order valence-corrected chi connectivity index (χ4v) is 3.70. The Balaban J connectivity index is 2.76. The predicted octanol–water partition coefficient (Wildman–Crippen LogP) is 3.13. The molecule has 0 amide bonds. The predicted molar refractivity (Wildman–Crippen MR) is 86.9 cm³/mol. The van der Waals surface area contributed by atoms with Gasteiger partial charge in [-0.3, -0.25) is 4.90 Å². The van der Waals surface area contributed by atoms with Crippen molar-refractivity contribution in [2.24, 2.45) is 23.0 Å². The number of hydrogen-bond donors (Lipinski definition) is 1. The van der Waals surface area contributed by atoms with Gasteiger partial charge in [0, 0.05) is 19.7 Å². The molecule has 3 unspecified atom stereocenters. The van der Waals surface area contributed by atoms with Gasteiger partial charge in [0.15, 0.2) is 0 Å². The largest absolute Gasteiger partial charge is 0.383 e. The number of likely N-dealkylation sites (N-methyl/N-ethyl adjacent to an activating group) is 1. The van der Waals surface area contributed by atoms with Gasteiger partial charge in [-0.15, -0.1) is 0 Å². The number of rotatable bonds is 8. The molecule has 120 valence electrons. The van der Waals surface area contributed by atoms with E-state index in [0.29, 0.717) is 17.4 Å². The lowest BCUT2D eigenvalue weighted by molar-refractivity contribution is 0.0275. The van der Waals surface area contributed by atoms with Gasteiger partial charge in [0.05, 0.1) is 6.61 Å². The fraction of sp³-hybridized carbons (Fsp3) is 1.00. The van der Waals surface area contributed by atoms with Crippen molar-refractivity contribution in [3.63, 3.8) is 0 Å².